The largest absolute Gasteiger partial charge is 0.374 e. The van der Waals surface area contributed by atoms with Crippen LogP contribution in [-0.2, 0) is 54.8 Å². The Bertz CT molecular complexity index is 1450. The van der Waals surface area contributed by atoms with Gasteiger partial charge in [0.1, 0.15) is 24.4 Å². The molecule has 4 aromatic rings. The van der Waals surface area contributed by atoms with E-state index in [1.165, 1.54) is 0 Å². The lowest BCUT2D eigenvalue weighted by Crippen LogP contribution is -2.66. The van der Waals surface area contributed by atoms with Gasteiger partial charge in [-0.05, 0) is 40.8 Å². The van der Waals surface area contributed by atoms with Crippen LogP contribution in [0, 0.1) is 0 Å². The molecule has 0 radical (unpaired) electrons. The van der Waals surface area contributed by atoms with Crippen molar-refractivity contribution in [2.24, 2.45) is 0 Å². The van der Waals surface area contributed by atoms with Gasteiger partial charge in [0.2, 0.25) is 5.79 Å². The van der Waals surface area contributed by atoms with E-state index < -0.39 is 30.2 Å². The smallest absolute Gasteiger partial charge is 0.218 e. The molecular formula is C38H40O6. The lowest BCUT2D eigenvalue weighted by molar-refractivity contribution is -0.357. The average molecular weight is 593 g/mol. The summed E-state index contributed by atoms with van der Waals surface area (Å²) in [5.74, 6) is -1.15. The van der Waals surface area contributed by atoms with E-state index in [1.54, 1.807) is 0 Å². The summed E-state index contributed by atoms with van der Waals surface area (Å²) in [5, 5.41) is 0. The molecule has 1 spiro atoms. The number of benzene rings is 4. The summed E-state index contributed by atoms with van der Waals surface area (Å²) in [4.78, 5) is 0. The van der Waals surface area contributed by atoms with Crippen LogP contribution in [-0.4, -0.2) is 43.4 Å². The minimum atomic E-state index is -1.15. The molecular weight excluding hydrogens is 552 g/mol. The molecule has 2 heterocycles. The Balaban J connectivity index is 1.32. The first-order chi connectivity index (χ1) is 21.7. The van der Waals surface area contributed by atoms with Gasteiger partial charge in [0.15, 0.2) is 0 Å². The van der Waals surface area contributed by atoms with Crippen molar-refractivity contribution < 1.29 is 28.4 Å². The molecule has 4 aromatic carbocycles. The van der Waals surface area contributed by atoms with Crippen molar-refractivity contribution in [1.82, 2.24) is 0 Å². The quantitative estimate of drug-likeness (QED) is 0.155. The Kier molecular flexibility index (Phi) is 10.3. The molecule has 6 heteroatoms. The van der Waals surface area contributed by atoms with Crippen molar-refractivity contribution in [3.05, 3.63) is 155 Å². The van der Waals surface area contributed by atoms with Crippen LogP contribution >= 0.6 is 0 Å². The second-order valence-electron chi connectivity index (χ2n) is 11.4. The molecule has 2 aliphatic rings. The van der Waals surface area contributed by atoms with Crippen LogP contribution in [0.1, 0.15) is 29.2 Å². The second-order valence-corrected chi connectivity index (χ2v) is 11.4. The minimum absolute atomic E-state index is 0.295. The van der Waals surface area contributed by atoms with Gasteiger partial charge in [-0.1, -0.05) is 121 Å². The van der Waals surface area contributed by atoms with E-state index in [9.17, 15) is 0 Å². The summed E-state index contributed by atoms with van der Waals surface area (Å²) in [7, 11) is 0. The van der Waals surface area contributed by atoms with Crippen molar-refractivity contribution in [3.8, 4) is 0 Å². The van der Waals surface area contributed by atoms with Gasteiger partial charge < -0.3 is 28.4 Å². The highest BCUT2D eigenvalue weighted by atomic mass is 16.7. The summed E-state index contributed by atoms with van der Waals surface area (Å²) in [5.41, 5.74) is 5.35. The van der Waals surface area contributed by atoms with E-state index in [2.05, 4.69) is 48.5 Å². The third kappa shape index (κ3) is 7.71. The van der Waals surface area contributed by atoms with Crippen molar-refractivity contribution in [2.45, 2.75) is 63.6 Å². The number of rotatable bonds is 13. The minimum Gasteiger partial charge on any atom is -0.374 e. The van der Waals surface area contributed by atoms with E-state index in [-0.39, 0.29) is 0 Å². The third-order valence-electron chi connectivity index (χ3n) is 7.93. The zero-order valence-corrected chi connectivity index (χ0v) is 25.1. The van der Waals surface area contributed by atoms with Gasteiger partial charge in [0, 0.05) is 0 Å². The van der Waals surface area contributed by atoms with Gasteiger partial charge >= 0.3 is 0 Å². The Morgan fingerprint density at radius 2 is 1.05 bits per heavy atom. The van der Waals surface area contributed by atoms with Gasteiger partial charge in [-0.2, -0.15) is 0 Å². The molecule has 0 N–H and O–H groups in total. The molecule has 6 nitrogen and oxygen atoms in total. The Morgan fingerprint density at radius 3 is 1.52 bits per heavy atom. The SMILES string of the molecule is CC1=C[C@@]2(OC1)OC(COCc1ccccc1)[C@@H](OCc1ccccc1)C(OCc1ccccc1)C2OCc1ccccc1. The average Bonchev–Trinajstić information content (AvgIpc) is 3.44. The van der Waals surface area contributed by atoms with Crippen molar-refractivity contribution in [1.29, 1.82) is 0 Å². The fourth-order valence-electron chi connectivity index (χ4n) is 5.75. The molecule has 3 unspecified atom stereocenters. The van der Waals surface area contributed by atoms with Crippen LogP contribution in [0.5, 0.6) is 0 Å². The maximum absolute atomic E-state index is 6.87. The zero-order chi connectivity index (χ0) is 30.0. The van der Waals surface area contributed by atoms with E-state index >= 15 is 0 Å². The molecule has 6 rings (SSSR count). The van der Waals surface area contributed by atoms with E-state index in [4.69, 9.17) is 28.4 Å². The summed E-state index contributed by atoms with van der Waals surface area (Å²) in [6.45, 7) is 4.40. The zero-order valence-electron chi connectivity index (χ0n) is 25.1. The van der Waals surface area contributed by atoms with Gasteiger partial charge in [-0.25, -0.2) is 0 Å². The molecule has 0 saturated carbocycles. The van der Waals surface area contributed by atoms with E-state index in [1.807, 2.05) is 85.8 Å². The molecule has 0 amide bonds. The van der Waals surface area contributed by atoms with Crippen LogP contribution < -0.4 is 0 Å². The number of hydrogen-bond acceptors (Lipinski definition) is 6. The molecule has 0 aromatic heterocycles. The van der Waals surface area contributed by atoms with Crippen molar-refractivity contribution >= 4 is 0 Å². The first-order valence-electron chi connectivity index (χ1n) is 15.3. The highest BCUT2D eigenvalue weighted by Crippen LogP contribution is 2.42. The molecule has 0 aliphatic carbocycles. The first kappa shape index (κ1) is 30.4. The lowest BCUT2D eigenvalue weighted by atomic mass is 9.91. The maximum atomic E-state index is 6.87. The normalized spacial score (nSPS) is 24.8. The summed E-state index contributed by atoms with van der Waals surface area (Å²) in [6.07, 6.45) is -0.0705. The van der Waals surface area contributed by atoms with Crippen LogP contribution in [0.2, 0.25) is 0 Å². The number of ether oxygens (including phenoxy) is 6. The molecule has 228 valence electrons. The van der Waals surface area contributed by atoms with Crippen molar-refractivity contribution in [2.75, 3.05) is 13.2 Å². The maximum Gasteiger partial charge on any atom is 0.218 e. The summed E-state index contributed by atoms with van der Waals surface area (Å²) >= 11 is 0. The first-order valence-corrected chi connectivity index (χ1v) is 15.3. The predicted octanol–water partition coefficient (Wildman–Crippen LogP) is 7.03. The van der Waals surface area contributed by atoms with Gasteiger partial charge in [0.25, 0.3) is 0 Å². The Labute approximate surface area is 260 Å². The summed E-state index contributed by atoms with van der Waals surface area (Å²) in [6, 6.07) is 40.6. The fraction of sp³-hybridized carbons (Fsp3) is 0.316. The number of hydrogen-bond donors (Lipinski definition) is 0. The summed E-state index contributed by atoms with van der Waals surface area (Å²) < 4.78 is 39.8. The monoisotopic (exact) mass is 592 g/mol. The van der Waals surface area contributed by atoms with Gasteiger partial charge in [-0.3, -0.25) is 0 Å². The van der Waals surface area contributed by atoms with Crippen LogP contribution in [0.15, 0.2) is 133 Å². The fourth-order valence-corrected chi connectivity index (χ4v) is 5.75. The Morgan fingerprint density at radius 1 is 0.591 bits per heavy atom. The van der Waals surface area contributed by atoms with E-state index in [0.29, 0.717) is 39.6 Å². The van der Waals surface area contributed by atoms with Gasteiger partial charge in [0.05, 0.1) is 39.6 Å². The standard InChI is InChI=1S/C38H40O6/c1-29-22-38(43-23-29)37(42-27-33-20-12-5-13-21-33)36(41-26-32-18-10-4-11-19-32)35(40-25-31-16-8-3-9-17-31)34(44-38)28-39-24-30-14-6-2-7-15-30/h2-22,34-37H,23-28H2,1H3/t34?,35-,36?,37?,38-/m1/s1. The van der Waals surface area contributed by atoms with Crippen LogP contribution in [0.3, 0.4) is 0 Å². The second kappa shape index (κ2) is 14.9. The molecule has 5 atom stereocenters. The Hall–Kier alpha value is -3.62. The topological polar surface area (TPSA) is 55.4 Å². The lowest BCUT2D eigenvalue weighted by Gasteiger charge is -2.50. The molecule has 2 aliphatic heterocycles. The van der Waals surface area contributed by atoms with Crippen LogP contribution in [0.25, 0.3) is 0 Å². The van der Waals surface area contributed by atoms with Crippen molar-refractivity contribution in [3.63, 3.8) is 0 Å². The van der Waals surface area contributed by atoms with E-state index in [0.717, 1.165) is 27.8 Å². The molecule has 1 fully saturated rings. The van der Waals surface area contributed by atoms with Crippen LogP contribution in [0.4, 0.5) is 0 Å². The molecule has 44 heavy (non-hydrogen) atoms. The molecule has 1 saturated heterocycles. The predicted molar refractivity (Wildman–Crippen MR) is 168 cm³/mol. The van der Waals surface area contributed by atoms with Gasteiger partial charge in [-0.15, -0.1) is 0 Å². The third-order valence-corrected chi connectivity index (χ3v) is 7.93. The highest BCUT2D eigenvalue weighted by Gasteiger charge is 2.58. The molecule has 0 bridgehead atoms. The highest BCUT2D eigenvalue weighted by molar-refractivity contribution is 5.21.